The third-order valence-electron chi connectivity index (χ3n) is 3.50. The lowest BCUT2D eigenvalue weighted by atomic mass is 9.92. The molecule has 1 aromatic heterocycles. The Labute approximate surface area is 111 Å². The van der Waals surface area contributed by atoms with E-state index in [-0.39, 0.29) is 0 Å². The standard InChI is InChI=1S/C15H27N3/c1-6-8-11(3)9-15(16-5)13-10-12(4)17-18-14(13)7-2/h10-11,15-16H,6-9H2,1-5H3. The summed E-state index contributed by atoms with van der Waals surface area (Å²) in [6.07, 6.45) is 4.66. The van der Waals surface area contributed by atoms with E-state index in [4.69, 9.17) is 0 Å². The summed E-state index contributed by atoms with van der Waals surface area (Å²) in [6, 6.07) is 2.58. The summed E-state index contributed by atoms with van der Waals surface area (Å²) < 4.78 is 0. The maximum absolute atomic E-state index is 4.33. The number of hydrogen-bond donors (Lipinski definition) is 1. The maximum Gasteiger partial charge on any atom is 0.0676 e. The number of rotatable bonds is 7. The van der Waals surface area contributed by atoms with Crippen LogP contribution in [0.2, 0.25) is 0 Å². The molecule has 2 unspecified atom stereocenters. The average molecular weight is 249 g/mol. The molecule has 1 rings (SSSR count). The van der Waals surface area contributed by atoms with Gasteiger partial charge in [-0.3, -0.25) is 0 Å². The molecule has 102 valence electrons. The fraction of sp³-hybridized carbons (Fsp3) is 0.733. The van der Waals surface area contributed by atoms with Crippen molar-refractivity contribution in [3.63, 3.8) is 0 Å². The van der Waals surface area contributed by atoms with Gasteiger partial charge in [-0.15, -0.1) is 0 Å². The van der Waals surface area contributed by atoms with Crippen LogP contribution in [0.5, 0.6) is 0 Å². The van der Waals surface area contributed by atoms with E-state index < -0.39 is 0 Å². The molecule has 1 N–H and O–H groups in total. The van der Waals surface area contributed by atoms with E-state index in [1.54, 1.807) is 0 Å². The number of hydrogen-bond acceptors (Lipinski definition) is 3. The Balaban J connectivity index is 2.89. The van der Waals surface area contributed by atoms with Gasteiger partial charge in [-0.05, 0) is 44.4 Å². The van der Waals surface area contributed by atoms with Gasteiger partial charge < -0.3 is 5.32 Å². The first kappa shape index (κ1) is 15.1. The Morgan fingerprint density at radius 3 is 2.56 bits per heavy atom. The molecule has 3 nitrogen and oxygen atoms in total. The Hall–Kier alpha value is -0.960. The lowest BCUT2D eigenvalue weighted by Crippen LogP contribution is -2.21. The van der Waals surface area contributed by atoms with Gasteiger partial charge in [-0.2, -0.15) is 10.2 Å². The molecule has 1 aromatic rings. The predicted octanol–water partition coefficient (Wildman–Crippen LogP) is 3.43. The molecule has 0 saturated carbocycles. The second kappa shape index (κ2) is 7.47. The van der Waals surface area contributed by atoms with Crippen LogP contribution in [0.15, 0.2) is 6.07 Å². The van der Waals surface area contributed by atoms with Crippen molar-refractivity contribution in [1.82, 2.24) is 15.5 Å². The number of aromatic nitrogens is 2. The maximum atomic E-state index is 4.33. The second-order valence-electron chi connectivity index (χ2n) is 5.21. The van der Waals surface area contributed by atoms with E-state index in [1.807, 2.05) is 14.0 Å². The fourth-order valence-corrected chi connectivity index (χ4v) is 2.52. The SMILES string of the molecule is CCCC(C)CC(NC)c1cc(C)nnc1CC. The van der Waals surface area contributed by atoms with Crippen molar-refractivity contribution < 1.29 is 0 Å². The Morgan fingerprint density at radius 2 is 2.00 bits per heavy atom. The van der Waals surface area contributed by atoms with Crippen molar-refractivity contribution in [2.75, 3.05) is 7.05 Å². The van der Waals surface area contributed by atoms with E-state index in [0.717, 1.165) is 23.7 Å². The second-order valence-corrected chi connectivity index (χ2v) is 5.21. The van der Waals surface area contributed by atoms with E-state index in [2.05, 4.69) is 42.4 Å². The first-order chi connectivity index (χ1) is 8.62. The molecule has 0 aliphatic rings. The summed E-state index contributed by atoms with van der Waals surface area (Å²) in [5.41, 5.74) is 3.46. The Bertz CT molecular complexity index is 363. The van der Waals surface area contributed by atoms with Crippen LogP contribution < -0.4 is 5.32 Å². The highest BCUT2D eigenvalue weighted by Gasteiger charge is 2.17. The molecule has 0 spiro atoms. The van der Waals surface area contributed by atoms with Gasteiger partial charge in [0.15, 0.2) is 0 Å². The van der Waals surface area contributed by atoms with E-state index in [9.17, 15) is 0 Å². The summed E-state index contributed by atoms with van der Waals surface area (Å²) in [4.78, 5) is 0. The monoisotopic (exact) mass is 249 g/mol. The fourth-order valence-electron chi connectivity index (χ4n) is 2.52. The highest BCUT2D eigenvalue weighted by Crippen LogP contribution is 2.25. The van der Waals surface area contributed by atoms with E-state index >= 15 is 0 Å². The molecule has 2 atom stereocenters. The number of nitrogens with zero attached hydrogens (tertiary/aromatic N) is 2. The minimum Gasteiger partial charge on any atom is -0.313 e. The first-order valence-corrected chi connectivity index (χ1v) is 7.12. The van der Waals surface area contributed by atoms with Gasteiger partial charge in [0.2, 0.25) is 0 Å². The van der Waals surface area contributed by atoms with E-state index in [0.29, 0.717) is 6.04 Å². The molecule has 0 aliphatic heterocycles. The zero-order chi connectivity index (χ0) is 13.5. The van der Waals surface area contributed by atoms with Gasteiger partial charge in [0, 0.05) is 6.04 Å². The smallest absolute Gasteiger partial charge is 0.0676 e. The van der Waals surface area contributed by atoms with Crippen LogP contribution in [0.3, 0.4) is 0 Å². The van der Waals surface area contributed by atoms with Crippen LogP contribution in [-0.4, -0.2) is 17.2 Å². The van der Waals surface area contributed by atoms with Crippen LogP contribution in [0.25, 0.3) is 0 Å². The van der Waals surface area contributed by atoms with Crippen molar-refractivity contribution in [2.24, 2.45) is 5.92 Å². The third kappa shape index (κ3) is 4.05. The minimum absolute atomic E-state index is 0.399. The van der Waals surface area contributed by atoms with Gasteiger partial charge >= 0.3 is 0 Å². The van der Waals surface area contributed by atoms with Crippen LogP contribution in [0, 0.1) is 12.8 Å². The van der Waals surface area contributed by atoms with Crippen molar-refractivity contribution in [1.29, 1.82) is 0 Å². The molecule has 0 aromatic carbocycles. The lowest BCUT2D eigenvalue weighted by molar-refractivity contribution is 0.404. The topological polar surface area (TPSA) is 37.8 Å². The van der Waals surface area contributed by atoms with Crippen molar-refractivity contribution in [3.8, 4) is 0 Å². The molecule has 18 heavy (non-hydrogen) atoms. The minimum atomic E-state index is 0.399. The molecular weight excluding hydrogens is 222 g/mol. The Morgan fingerprint density at radius 1 is 1.28 bits per heavy atom. The molecule has 3 heteroatoms. The average Bonchev–Trinajstić information content (AvgIpc) is 2.36. The van der Waals surface area contributed by atoms with Crippen LogP contribution in [0.1, 0.15) is 63.0 Å². The van der Waals surface area contributed by atoms with Crippen LogP contribution >= 0.6 is 0 Å². The van der Waals surface area contributed by atoms with Crippen molar-refractivity contribution in [2.45, 2.75) is 59.4 Å². The third-order valence-corrected chi connectivity index (χ3v) is 3.50. The molecule has 0 amide bonds. The molecule has 1 heterocycles. The van der Waals surface area contributed by atoms with Crippen LogP contribution in [0.4, 0.5) is 0 Å². The van der Waals surface area contributed by atoms with Gasteiger partial charge in [-0.1, -0.05) is 33.6 Å². The molecule has 0 bridgehead atoms. The Kier molecular flexibility index (Phi) is 6.27. The normalized spacial score (nSPS) is 14.5. The molecule has 0 radical (unpaired) electrons. The summed E-state index contributed by atoms with van der Waals surface area (Å²) in [5.74, 6) is 0.741. The lowest BCUT2D eigenvalue weighted by Gasteiger charge is -2.22. The van der Waals surface area contributed by atoms with Gasteiger partial charge in [0.1, 0.15) is 0 Å². The number of aryl methyl sites for hydroxylation is 2. The number of nitrogens with one attached hydrogen (secondary N) is 1. The zero-order valence-electron chi connectivity index (χ0n) is 12.5. The van der Waals surface area contributed by atoms with Crippen molar-refractivity contribution in [3.05, 3.63) is 23.0 Å². The van der Waals surface area contributed by atoms with Crippen LogP contribution in [-0.2, 0) is 6.42 Å². The van der Waals surface area contributed by atoms with Gasteiger partial charge in [0.05, 0.1) is 11.4 Å². The highest BCUT2D eigenvalue weighted by molar-refractivity contribution is 5.24. The molecule has 0 fully saturated rings. The summed E-state index contributed by atoms with van der Waals surface area (Å²) in [6.45, 7) is 8.74. The quantitative estimate of drug-likeness (QED) is 0.804. The molecular formula is C15H27N3. The first-order valence-electron chi connectivity index (χ1n) is 7.12. The summed E-state index contributed by atoms with van der Waals surface area (Å²) in [7, 11) is 2.04. The van der Waals surface area contributed by atoms with E-state index in [1.165, 1.54) is 24.8 Å². The molecule has 0 saturated heterocycles. The predicted molar refractivity (Wildman–Crippen MR) is 76.6 cm³/mol. The summed E-state index contributed by atoms with van der Waals surface area (Å²) >= 11 is 0. The van der Waals surface area contributed by atoms with Gasteiger partial charge in [0.25, 0.3) is 0 Å². The largest absolute Gasteiger partial charge is 0.313 e. The van der Waals surface area contributed by atoms with Gasteiger partial charge in [-0.25, -0.2) is 0 Å². The highest BCUT2D eigenvalue weighted by atomic mass is 15.1. The molecule has 0 aliphatic carbocycles. The summed E-state index contributed by atoms with van der Waals surface area (Å²) in [5, 5.41) is 11.9. The zero-order valence-corrected chi connectivity index (χ0v) is 12.5. The van der Waals surface area contributed by atoms with Crippen molar-refractivity contribution >= 4 is 0 Å².